The minimum atomic E-state index is 1.05. The summed E-state index contributed by atoms with van der Waals surface area (Å²) in [5.74, 6) is 0. The van der Waals surface area contributed by atoms with Gasteiger partial charge in [-0.2, -0.15) is 10.7 Å². The molecule has 1 rings (SSSR count). The van der Waals surface area contributed by atoms with E-state index >= 15 is 0 Å². The molecule has 4 heteroatoms. The van der Waals surface area contributed by atoms with Crippen molar-refractivity contribution in [2.45, 2.75) is 38.5 Å². The van der Waals surface area contributed by atoms with Gasteiger partial charge >= 0.3 is 0 Å². The third kappa shape index (κ3) is 5.99. The van der Waals surface area contributed by atoms with Crippen LogP contribution in [0.5, 0.6) is 0 Å². The van der Waals surface area contributed by atoms with Crippen LogP contribution in [0.3, 0.4) is 0 Å². The van der Waals surface area contributed by atoms with Gasteiger partial charge in [-0.05, 0) is 12.8 Å². The van der Waals surface area contributed by atoms with Gasteiger partial charge in [0.05, 0.1) is 0 Å². The Morgan fingerprint density at radius 2 is 1.46 bits per heavy atom. The van der Waals surface area contributed by atoms with Crippen molar-refractivity contribution in [1.29, 1.82) is 0 Å². The average molecular weight is 186 g/mol. The van der Waals surface area contributed by atoms with Gasteiger partial charge in [0.2, 0.25) is 0 Å². The molecule has 0 spiro atoms. The second kappa shape index (κ2) is 7.26. The highest BCUT2D eigenvalue weighted by atomic mass is 15.8. The van der Waals surface area contributed by atoms with E-state index in [-0.39, 0.29) is 0 Å². The molecule has 13 heavy (non-hydrogen) atoms. The van der Waals surface area contributed by atoms with E-state index in [1.807, 2.05) is 12.2 Å². The molecule has 3 N–H and O–H groups in total. The third-order valence-corrected chi connectivity index (χ3v) is 2.32. The van der Waals surface area contributed by atoms with Crippen LogP contribution in [0, 0.1) is 0 Å². The van der Waals surface area contributed by atoms with Crippen LogP contribution >= 0.6 is 0 Å². The van der Waals surface area contributed by atoms with Crippen molar-refractivity contribution in [1.82, 2.24) is 21.5 Å². The molecule has 1 fully saturated rings. The fraction of sp³-hybridized carbons (Fsp3) is 1.00. The largest absolute Gasteiger partial charge is 0.243 e. The Morgan fingerprint density at radius 3 is 2.23 bits per heavy atom. The van der Waals surface area contributed by atoms with Gasteiger partial charge in [0.25, 0.3) is 0 Å². The van der Waals surface area contributed by atoms with E-state index in [1.54, 1.807) is 0 Å². The van der Waals surface area contributed by atoms with E-state index in [1.165, 1.54) is 38.5 Å². The van der Waals surface area contributed by atoms with Crippen molar-refractivity contribution < 1.29 is 0 Å². The molecule has 0 aromatic rings. The molecule has 0 bridgehead atoms. The Hall–Kier alpha value is -0.160. The summed E-state index contributed by atoms with van der Waals surface area (Å²) in [7, 11) is 1.98. The predicted molar refractivity (Wildman–Crippen MR) is 54.6 cm³/mol. The summed E-state index contributed by atoms with van der Waals surface area (Å²) in [6, 6.07) is 0. The Labute approximate surface area is 81.0 Å². The summed E-state index contributed by atoms with van der Waals surface area (Å²) in [5.41, 5.74) is 9.50. The van der Waals surface area contributed by atoms with Gasteiger partial charge in [-0.1, -0.05) is 25.7 Å². The van der Waals surface area contributed by atoms with E-state index < -0.39 is 0 Å². The molecule has 0 atom stereocenters. The van der Waals surface area contributed by atoms with E-state index in [9.17, 15) is 0 Å². The number of nitrogens with one attached hydrogen (secondary N) is 3. The molecule has 4 nitrogen and oxygen atoms in total. The Morgan fingerprint density at radius 1 is 0.846 bits per heavy atom. The lowest BCUT2D eigenvalue weighted by Crippen LogP contribution is -2.52. The molecule has 0 aromatic carbocycles. The van der Waals surface area contributed by atoms with Crippen LogP contribution in [0.25, 0.3) is 0 Å². The van der Waals surface area contributed by atoms with Gasteiger partial charge in [0.15, 0.2) is 0 Å². The smallest absolute Gasteiger partial charge is 0.0188 e. The van der Waals surface area contributed by atoms with Crippen LogP contribution < -0.4 is 16.4 Å². The lowest BCUT2D eigenvalue weighted by molar-refractivity contribution is 0.120. The normalized spacial score (nSPS) is 24.7. The van der Waals surface area contributed by atoms with Gasteiger partial charge in [-0.25, -0.2) is 10.9 Å². The zero-order valence-electron chi connectivity index (χ0n) is 8.60. The van der Waals surface area contributed by atoms with Crippen molar-refractivity contribution >= 4 is 0 Å². The lowest BCUT2D eigenvalue weighted by Gasteiger charge is -2.20. The monoisotopic (exact) mass is 186 g/mol. The van der Waals surface area contributed by atoms with Gasteiger partial charge < -0.3 is 0 Å². The van der Waals surface area contributed by atoms with Crippen LogP contribution in [0.2, 0.25) is 0 Å². The second-order valence-electron chi connectivity index (χ2n) is 3.63. The fourth-order valence-electron chi connectivity index (χ4n) is 1.51. The Bertz CT molecular complexity index is 106. The molecule has 1 heterocycles. The van der Waals surface area contributed by atoms with Crippen LogP contribution in [0.4, 0.5) is 0 Å². The van der Waals surface area contributed by atoms with Gasteiger partial charge in [0.1, 0.15) is 0 Å². The summed E-state index contributed by atoms with van der Waals surface area (Å²) in [6.45, 7) is 2.11. The first-order valence-electron chi connectivity index (χ1n) is 5.35. The number of nitrogens with zero attached hydrogens (tertiary/aromatic N) is 1. The van der Waals surface area contributed by atoms with Crippen LogP contribution in [-0.4, -0.2) is 25.3 Å². The van der Waals surface area contributed by atoms with Crippen LogP contribution in [-0.2, 0) is 0 Å². The topological polar surface area (TPSA) is 39.3 Å². The number of hydrogen-bond acceptors (Lipinski definition) is 4. The standard InChI is InChI=1S/C9H22N4/c1-13-11-9-7-5-3-2-4-6-8-10-12-13/h10-12H,2-9H2,1H3. The maximum atomic E-state index is 3.26. The minimum absolute atomic E-state index is 1.05. The number of hydrogen-bond donors (Lipinski definition) is 3. The number of rotatable bonds is 0. The first-order valence-corrected chi connectivity index (χ1v) is 5.35. The Kier molecular flexibility index (Phi) is 6.10. The van der Waals surface area contributed by atoms with Crippen molar-refractivity contribution in [3.8, 4) is 0 Å². The molecule has 1 aliphatic rings. The molecule has 1 aliphatic heterocycles. The van der Waals surface area contributed by atoms with E-state index in [4.69, 9.17) is 0 Å². The van der Waals surface area contributed by atoms with Crippen molar-refractivity contribution in [2.75, 3.05) is 20.1 Å². The molecular formula is C9H22N4. The van der Waals surface area contributed by atoms with Gasteiger partial charge in [-0.3, -0.25) is 0 Å². The summed E-state index contributed by atoms with van der Waals surface area (Å²) in [4.78, 5) is 0. The lowest BCUT2D eigenvalue weighted by atomic mass is 10.1. The number of hydrazine groups is 3. The van der Waals surface area contributed by atoms with Crippen molar-refractivity contribution in [2.24, 2.45) is 0 Å². The molecule has 0 radical (unpaired) electrons. The van der Waals surface area contributed by atoms with Gasteiger partial charge in [0, 0.05) is 20.1 Å². The predicted octanol–water partition coefficient (Wildman–Crippen LogP) is 0.786. The molecule has 78 valence electrons. The van der Waals surface area contributed by atoms with Crippen molar-refractivity contribution in [3.63, 3.8) is 0 Å². The summed E-state index contributed by atoms with van der Waals surface area (Å²) >= 11 is 0. The molecule has 0 aromatic heterocycles. The fourth-order valence-corrected chi connectivity index (χ4v) is 1.51. The zero-order valence-corrected chi connectivity index (χ0v) is 8.60. The van der Waals surface area contributed by atoms with Crippen LogP contribution in [0.1, 0.15) is 38.5 Å². The molecule has 0 aliphatic carbocycles. The second-order valence-corrected chi connectivity index (χ2v) is 3.63. The first kappa shape index (κ1) is 10.9. The molecule has 1 saturated heterocycles. The highest BCUT2D eigenvalue weighted by molar-refractivity contribution is 4.50. The summed E-state index contributed by atoms with van der Waals surface area (Å²) in [5, 5.41) is 1.89. The maximum Gasteiger partial charge on any atom is 0.0188 e. The van der Waals surface area contributed by atoms with E-state index in [0.717, 1.165) is 13.1 Å². The first-order chi connectivity index (χ1) is 6.39. The molecule has 0 amide bonds. The Balaban J connectivity index is 2.11. The molecule has 0 unspecified atom stereocenters. The highest BCUT2D eigenvalue weighted by Crippen LogP contribution is 2.04. The summed E-state index contributed by atoms with van der Waals surface area (Å²) < 4.78 is 0. The summed E-state index contributed by atoms with van der Waals surface area (Å²) in [6.07, 6.45) is 8.02. The third-order valence-electron chi connectivity index (χ3n) is 2.32. The average Bonchev–Trinajstić information content (AvgIpc) is 2.11. The van der Waals surface area contributed by atoms with Crippen molar-refractivity contribution in [3.05, 3.63) is 0 Å². The molecular weight excluding hydrogens is 164 g/mol. The highest BCUT2D eigenvalue weighted by Gasteiger charge is 1.97. The minimum Gasteiger partial charge on any atom is -0.243 e. The van der Waals surface area contributed by atoms with Gasteiger partial charge in [-0.15, -0.1) is 0 Å². The zero-order chi connectivity index (χ0) is 9.36. The SMILES string of the molecule is CN1NCCCCCCCCNN1. The maximum absolute atomic E-state index is 3.26. The molecule has 0 saturated carbocycles. The van der Waals surface area contributed by atoms with Crippen LogP contribution in [0.15, 0.2) is 0 Å². The van der Waals surface area contributed by atoms with E-state index in [2.05, 4.69) is 16.4 Å². The van der Waals surface area contributed by atoms with E-state index in [0.29, 0.717) is 0 Å². The quantitative estimate of drug-likeness (QED) is 0.523.